The molecule has 0 heterocycles. The van der Waals surface area contributed by atoms with Gasteiger partial charge in [0.25, 0.3) is 0 Å². The number of carbonyl (C=O) groups excluding carboxylic acids is 1. The standard InChI is InChI=1S/C38H72O3/c1-3-5-7-9-10-11-12-13-14-15-16-17-18-21-24-27-31-35-38(40)41-36-32-28-25-22-19-20-23-26-30-34-37(39)33-29-8-6-4-2/h26,30-31,35,37,39H,3-25,27-29,32-34,36H2,1-2H3/b30-26-,35-31?/t37-/m1/s1. The third kappa shape index (κ3) is 35.0. The molecule has 0 saturated carbocycles. The molecule has 0 radical (unpaired) electrons. The molecule has 1 N–H and O–H groups in total. The van der Waals surface area contributed by atoms with E-state index in [0.717, 1.165) is 44.9 Å². The summed E-state index contributed by atoms with van der Waals surface area (Å²) in [4.78, 5) is 11.9. The maximum absolute atomic E-state index is 11.9. The molecule has 0 aliphatic rings. The lowest BCUT2D eigenvalue weighted by molar-refractivity contribution is -0.137. The van der Waals surface area contributed by atoms with Gasteiger partial charge in [-0.2, -0.15) is 0 Å². The Morgan fingerprint density at radius 3 is 1.46 bits per heavy atom. The fourth-order valence-electron chi connectivity index (χ4n) is 5.40. The van der Waals surface area contributed by atoms with Gasteiger partial charge in [0.05, 0.1) is 12.7 Å². The molecule has 0 aromatic rings. The number of carbonyl (C=O) groups is 1. The van der Waals surface area contributed by atoms with Crippen molar-refractivity contribution in [2.24, 2.45) is 0 Å². The first-order chi connectivity index (χ1) is 20.2. The molecule has 0 aromatic carbocycles. The van der Waals surface area contributed by atoms with Crippen molar-refractivity contribution in [2.75, 3.05) is 6.61 Å². The predicted molar refractivity (Wildman–Crippen MR) is 180 cm³/mol. The summed E-state index contributed by atoms with van der Waals surface area (Å²) in [6.45, 7) is 5.05. The number of unbranched alkanes of at least 4 members (excludes halogenated alkanes) is 24. The van der Waals surface area contributed by atoms with Crippen LogP contribution in [0.25, 0.3) is 0 Å². The van der Waals surface area contributed by atoms with Crippen LogP contribution in [0.3, 0.4) is 0 Å². The largest absolute Gasteiger partial charge is 0.463 e. The number of aliphatic hydroxyl groups is 1. The number of hydrogen-bond donors (Lipinski definition) is 1. The van der Waals surface area contributed by atoms with Crippen molar-refractivity contribution >= 4 is 5.97 Å². The summed E-state index contributed by atoms with van der Waals surface area (Å²) in [5.41, 5.74) is 0. The fraction of sp³-hybridized carbons (Fsp3) is 0.868. The van der Waals surface area contributed by atoms with E-state index in [1.54, 1.807) is 6.08 Å². The number of esters is 1. The summed E-state index contributed by atoms with van der Waals surface area (Å²) in [6.07, 6.45) is 44.4. The maximum Gasteiger partial charge on any atom is 0.330 e. The van der Waals surface area contributed by atoms with Gasteiger partial charge < -0.3 is 9.84 Å². The van der Waals surface area contributed by atoms with Crippen LogP contribution in [0.15, 0.2) is 24.3 Å². The maximum atomic E-state index is 11.9. The lowest BCUT2D eigenvalue weighted by atomic mass is 10.0. The molecule has 0 fully saturated rings. The topological polar surface area (TPSA) is 46.5 Å². The van der Waals surface area contributed by atoms with Crippen molar-refractivity contribution in [3.05, 3.63) is 24.3 Å². The molecule has 1 atom stereocenters. The zero-order valence-corrected chi connectivity index (χ0v) is 27.9. The van der Waals surface area contributed by atoms with E-state index in [0.29, 0.717) is 6.61 Å². The number of rotatable bonds is 33. The van der Waals surface area contributed by atoms with Gasteiger partial charge in [-0.05, 0) is 44.9 Å². The molecule has 0 aliphatic heterocycles. The Balaban J connectivity index is 3.31. The normalized spacial score (nSPS) is 12.6. The molecule has 0 rings (SSSR count). The van der Waals surface area contributed by atoms with Gasteiger partial charge in [-0.25, -0.2) is 4.79 Å². The molecule has 0 aromatic heterocycles. The van der Waals surface area contributed by atoms with Crippen LogP contribution < -0.4 is 0 Å². The average Bonchev–Trinajstić information content (AvgIpc) is 2.97. The van der Waals surface area contributed by atoms with Gasteiger partial charge >= 0.3 is 5.97 Å². The van der Waals surface area contributed by atoms with E-state index in [1.807, 2.05) is 6.08 Å². The van der Waals surface area contributed by atoms with E-state index in [9.17, 15) is 9.90 Å². The van der Waals surface area contributed by atoms with E-state index in [-0.39, 0.29) is 12.1 Å². The Kier molecular flexibility index (Phi) is 34.2. The molecule has 242 valence electrons. The van der Waals surface area contributed by atoms with Crippen LogP contribution in [0.1, 0.15) is 200 Å². The second-order valence-electron chi connectivity index (χ2n) is 12.4. The highest BCUT2D eigenvalue weighted by molar-refractivity contribution is 5.81. The van der Waals surface area contributed by atoms with Crippen molar-refractivity contribution in [2.45, 2.75) is 206 Å². The zero-order valence-electron chi connectivity index (χ0n) is 27.9. The molecule has 0 spiro atoms. The third-order valence-corrected chi connectivity index (χ3v) is 8.20. The van der Waals surface area contributed by atoms with Crippen molar-refractivity contribution in [1.82, 2.24) is 0 Å². The molecule has 0 unspecified atom stereocenters. The highest BCUT2D eigenvalue weighted by Gasteiger charge is 2.01. The minimum absolute atomic E-state index is 0.161. The van der Waals surface area contributed by atoms with Gasteiger partial charge in [0.1, 0.15) is 0 Å². The average molecular weight is 577 g/mol. The Labute approximate surface area is 257 Å². The molecule has 41 heavy (non-hydrogen) atoms. The van der Waals surface area contributed by atoms with Gasteiger partial charge in [0, 0.05) is 6.08 Å². The molecule has 3 heteroatoms. The Hall–Kier alpha value is -1.09. The van der Waals surface area contributed by atoms with Crippen molar-refractivity contribution in [3.8, 4) is 0 Å². The van der Waals surface area contributed by atoms with Gasteiger partial charge in [-0.1, -0.05) is 173 Å². The first-order valence-electron chi connectivity index (χ1n) is 18.4. The summed E-state index contributed by atoms with van der Waals surface area (Å²) in [7, 11) is 0. The lowest BCUT2D eigenvalue weighted by Crippen LogP contribution is -2.04. The predicted octanol–water partition coefficient (Wildman–Crippen LogP) is 12.4. The molecule has 0 amide bonds. The Morgan fingerprint density at radius 1 is 0.537 bits per heavy atom. The lowest BCUT2D eigenvalue weighted by Gasteiger charge is -2.07. The molecule has 0 bridgehead atoms. The molecular formula is C38H72O3. The highest BCUT2D eigenvalue weighted by atomic mass is 16.5. The Bertz CT molecular complexity index is 568. The summed E-state index contributed by atoms with van der Waals surface area (Å²) in [5.74, 6) is -0.177. The van der Waals surface area contributed by atoms with Crippen molar-refractivity contribution < 1.29 is 14.6 Å². The van der Waals surface area contributed by atoms with E-state index < -0.39 is 0 Å². The second kappa shape index (κ2) is 35.1. The minimum Gasteiger partial charge on any atom is -0.463 e. The summed E-state index contributed by atoms with van der Waals surface area (Å²) >= 11 is 0. The van der Waals surface area contributed by atoms with Crippen LogP contribution >= 0.6 is 0 Å². The van der Waals surface area contributed by atoms with Gasteiger partial charge in [0.15, 0.2) is 0 Å². The highest BCUT2D eigenvalue weighted by Crippen LogP contribution is 2.14. The van der Waals surface area contributed by atoms with Crippen LogP contribution in [0.4, 0.5) is 0 Å². The zero-order chi connectivity index (χ0) is 29.9. The van der Waals surface area contributed by atoms with Crippen molar-refractivity contribution in [1.29, 1.82) is 0 Å². The summed E-state index contributed by atoms with van der Waals surface area (Å²) in [6, 6.07) is 0. The van der Waals surface area contributed by atoms with Gasteiger partial charge in [-0.3, -0.25) is 0 Å². The van der Waals surface area contributed by atoms with E-state index in [2.05, 4.69) is 26.0 Å². The van der Waals surface area contributed by atoms with E-state index in [4.69, 9.17) is 4.74 Å². The first-order valence-corrected chi connectivity index (χ1v) is 18.4. The number of ether oxygens (including phenoxy) is 1. The van der Waals surface area contributed by atoms with Crippen LogP contribution in [-0.2, 0) is 9.53 Å². The second-order valence-corrected chi connectivity index (χ2v) is 12.4. The molecular weight excluding hydrogens is 504 g/mol. The molecule has 0 saturated heterocycles. The summed E-state index contributed by atoms with van der Waals surface area (Å²) < 4.78 is 5.34. The first kappa shape index (κ1) is 39.9. The number of hydrogen-bond acceptors (Lipinski definition) is 3. The monoisotopic (exact) mass is 577 g/mol. The van der Waals surface area contributed by atoms with Crippen LogP contribution in [0, 0.1) is 0 Å². The molecule has 0 aliphatic carbocycles. The quantitative estimate of drug-likeness (QED) is 0.0366. The smallest absolute Gasteiger partial charge is 0.330 e. The van der Waals surface area contributed by atoms with Crippen molar-refractivity contribution in [3.63, 3.8) is 0 Å². The van der Waals surface area contributed by atoms with Gasteiger partial charge in [-0.15, -0.1) is 0 Å². The van der Waals surface area contributed by atoms with Gasteiger partial charge in [0.2, 0.25) is 0 Å². The van der Waals surface area contributed by atoms with Crippen LogP contribution in [-0.4, -0.2) is 23.8 Å². The SMILES string of the molecule is CCCCCCCCCCCCCCCCCC=CC(=O)OCCCCCCCC/C=C\C[C@H](O)CCCCCC. The Morgan fingerprint density at radius 2 is 0.951 bits per heavy atom. The van der Waals surface area contributed by atoms with E-state index >= 15 is 0 Å². The third-order valence-electron chi connectivity index (χ3n) is 8.20. The number of aliphatic hydroxyl groups excluding tert-OH is 1. The molecule has 3 nitrogen and oxygen atoms in total. The van der Waals surface area contributed by atoms with Crippen LogP contribution in [0.5, 0.6) is 0 Å². The minimum atomic E-state index is -0.177. The fourth-order valence-corrected chi connectivity index (χ4v) is 5.40. The van der Waals surface area contributed by atoms with E-state index in [1.165, 1.54) is 141 Å². The number of allylic oxidation sites excluding steroid dienone is 2. The summed E-state index contributed by atoms with van der Waals surface area (Å²) in [5, 5.41) is 9.98. The van der Waals surface area contributed by atoms with Crippen LogP contribution in [0.2, 0.25) is 0 Å².